The molecule has 194 valence electrons. The number of carbonyl (C=O) groups excluding carboxylic acids is 5. The van der Waals surface area contributed by atoms with Crippen molar-refractivity contribution in [2.45, 2.75) is 44.6 Å². The van der Waals surface area contributed by atoms with Gasteiger partial charge in [0.1, 0.15) is 24.2 Å². The number of thioether (sulfide) groups is 1. The van der Waals surface area contributed by atoms with E-state index in [0.717, 1.165) is 12.0 Å². The minimum absolute atomic E-state index is 0.0322. The molecule has 1 saturated heterocycles. The number of halogens is 1. The van der Waals surface area contributed by atoms with E-state index < -0.39 is 65.1 Å². The summed E-state index contributed by atoms with van der Waals surface area (Å²) < 4.78 is 20.1. The molecule has 2 aliphatic heterocycles. The molecule has 0 radical (unpaired) electrons. The largest absolute Gasteiger partial charge is 0.511 e. The summed E-state index contributed by atoms with van der Waals surface area (Å²) in [6, 6.07) is -1.06. The number of ether oxygens (including phenoxy) is 4. The quantitative estimate of drug-likeness (QED) is 0.0748. The van der Waals surface area contributed by atoms with Crippen molar-refractivity contribution in [3.8, 4) is 0 Å². The Labute approximate surface area is 210 Å². The third-order valence-electron chi connectivity index (χ3n) is 4.50. The maximum atomic E-state index is 12.9. The van der Waals surface area contributed by atoms with Gasteiger partial charge in [0.25, 0.3) is 11.8 Å². The van der Waals surface area contributed by atoms with Crippen molar-refractivity contribution in [3.05, 3.63) is 11.3 Å². The minimum atomic E-state index is -1.31. The lowest BCUT2D eigenvalue weighted by Gasteiger charge is -2.49. The van der Waals surface area contributed by atoms with Gasteiger partial charge in [0.15, 0.2) is 0 Å². The number of amides is 2. The summed E-state index contributed by atoms with van der Waals surface area (Å²) in [6.45, 7) is 4.60. The normalized spacial score (nSPS) is 20.5. The molecule has 15 heteroatoms. The number of hydrogen-bond donors (Lipinski definition) is 1. The molecular formula is C20H26ClN3O10S. The van der Waals surface area contributed by atoms with Crippen molar-refractivity contribution in [2.75, 3.05) is 32.5 Å². The molecule has 2 aliphatic rings. The van der Waals surface area contributed by atoms with Crippen LogP contribution >= 0.6 is 23.4 Å². The number of β-lactam (4-membered cyclic amide) rings is 1. The summed E-state index contributed by atoms with van der Waals surface area (Å²) >= 11 is 6.76. The first kappa shape index (κ1) is 28.4. The molecule has 13 nitrogen and oxygen atoms in total. The number of carbonyl (C=O) groups is 5. The van der Waals surface area contributed by atoms with Crippen LogP contribution in [0.25, 0.3) is 0 Å². The average Bonchev–Trinajstić information content (AvgIpc) is 2.79. The zero-order chi connectivity index (χ0) is 26.3. The molecule has 0 aliphatic carbocycles. The molecule has 0 saturated carbocycles. The lowest BCUT2D eigenvalue weighted by Crippen LogP contribution is -2.71. The van der Waals surface area contributed by atoms with Gasteiger partial charge in [-0.25, -0.2) is 9.59 Å². The first-order chi connectivity index (χ1) is 16.5. The zero-order valence-electron chi connectivity index (χ0n) is 19.7. The highest BCUT2D eigenvalue weighted by Gasteiger charge is 2.55. The van der Waals surface area contributed by atoms with Gasteiger partial charge in [-0.05, 0) is 19.4 Å². The van der Waals surface area contributed by atoms with Crippen LogP contribution in [0.3, 0.4) is 0 Å². The van der Waals surface area contributed by atoms with Crippen molar-refractivity contribution in [1.82, 2.24) is 10.2 Å². The number of alkyl halides is 1. The second-order valence-corrected chi connectivity index (χ2v) is 8.81. The second-order valence-electron chi connectivity index (χ2n) is 7.43. The highest BCUT2D eigenvalue weighted by atomic mass is 35.5. The summed E-state index contributed by atoms with van der Waals surface area (Å²) in [5.41, 5.74) is -0.210. The first-order valence-corrected chi connectivity index (χ1v) is 11.9. The fraction of sp³-hybridized carbons (Fsp3) is 0.600. The number of fused-ring (bicyclic) bond motifs is 1. The van der Waals surface area contributed by atoms with Crippen molar-refractivity contribution >= 4 is 58.8 Å². The lowest BCUT2D eigenvalue weighted by molar-refractivity contribution is -0.169. The lowest BCUT2D eigenvalue weighted by atomic mass is 10.0. The molecule has 35 heavy (non-hydrogen) atoms. The molecule has 3 atom stereocenters. The highest BCUT2D eigenvalue weighted by molar-refractivity contribution is 8.00. The molecule has 0 aromatic carbocycles. The molecule has 0 bridgehead atoms. The number of hydrogen-bond acceptors (Lipinski definition) is 12. The number of rotatable bonds is 11. The number of methoxy groups -OCH3 is 1. The monoisotopic (exact) mass is 535 g/mol. The Kier molecular flexibility index (Phi) is 10.3. The molecular weight excluding hydrogens is 510 g/mol. The molecule has 0 aromatic heterocycles. The smallest absolute Gasteiger partial charge is 0.431 e. The van der Waals surface area contributed by atoms with E-state index in [0.29, 0.717) is 5.57 Å². The third-order valence-corrected chi connectivity index (χ3v) is 6.08. The van der Waals surface area contributed by atoms with Crippen LogP contribution in [0.15, 0.2) is 16.4 Å². The van der Waals surface area contributed by atoms with Crippen LogP contribution in [0, 0.1) is 0 Å². The third kappa shape index (κ3) is 6.86. The standard InChI is InChI=1S/C20H26ClN3O10S/c1-9(2)32-20(29)34-10(3)33-19(28)15-11(7-30-4)8-35-18-14(17(27)24(15)18)22-16(26)13(23-31-5)12(25)6-21/h9-10,14,18H,6-8H2,1-5H3,(H,22,26)/t10?,14?,18-/m0/s1. The molecule has 2 rings (SSSR count). The number of esters is 1. The van der Waals surface area contributed by atoms with E-state index in [1.165, 1.54) is 25.8 Å². The fourth-order valence-corrected chi connectivity index (χ4v) is 4.58. The van der Waals surface area contributed by atoms with Gasteiger partial charge in [-0.1, -0.05) is 5.16 Å². The molecule has 0 spiro atoms. The SMILES string of the molecule is COCC1=C(C(=O)OC(C)OC(=O)OC(C)C)N2C(=O)C(NC(=O)C(=NOC)C(=O)CCl)[C@@H]2SC1. The van der Waals surface area contributed by atoms with Crippen molar-refractivity contribution in [1.29, 1.82) is 0 Å². The predicted molar refractivity (Wildman–Crippen MR) is 122 cm³/mol. The molecule has 2 amide bonds. The van der Waals surface area contributed by atoms with E-state index in [-0.39, 0.29) is 18.1 Å². The van der Waals surface area contributed by atoms with Crippen LogP contribution < -0.4 is 5.32 Å². The van der Waals surface area contributed by atoms with E-state index >= 15 is 0 Å². The molecule has 1 N–H and O–H groups in total. The molecule has 0 aromatic rings. The predicted octanol–water partition coefficient (Wildman–Crippen LogP) is 0.548. The Balaban J connectivity index is 2.17. The Morgan fingerprint density at radius 3 is 2.43 bits per heavy atom. The van der Waals surface area contributed by atoms with Crippen LogP contribution in [0.5, 0.6) is 0 Å². The number of nitrogens with zero attached hydrogens (tertiary/aromatic N) is 2. The summed E-state index contributed by atoms with van der Waals surface area (Å²) in [7, 11) is 2.57. The Bertz CT molecular complexity index is 938. The van der Waals surface area contributed by atoms with E-state index in [2.05, 4.69) is 15.3 Å². The van der Waals surface area contributed by atoms with Crippen molar-refractivity contribution in [3.63, 3.8) is 0 Å². The summed E-state index contributed by atoms with van der Waals surface area (Å²) in [6.07, 6.45) is -2.76. The van der Waals surface area contributed by atoms with Crippen molar-refractivity contribution < 1.29 is 47.8 Å². The van der Waals surface area contributed by atoms with Gasteiger partial charge >= 0.3 is 12.1 Å². The van der Waals surface area contributed by atoms with Crippen LogP contribution in [-0.4, -0.2) is 96.6 Å². The maximum absolute atomic E-state index is 12.9. The maximum Gasteiger partial charge on any atom is 0.511 e. The van der Waals surface area contributed by atoms with Crippen molar-refractivity contribution in [2.24, 2.45) is 5.16 Å². The topological polar surface area (TPSA) is 159 Å². The van der Waals surface area contributed by atoms with Crippen LogP contribution in [0.2, 0.25) is 0 Å². The minimum Gasteiger partial charge on any atom is -0.431 e. The number of Topliss-reactive ketones (excluding diaryl/α,β-unsaturated/α-hetero) is 1. The first-order valence-electron chi connectivity index (χ1n) is 10.3. The number of nitrogens with one attached hydrogen (secondary N) is 1. The fourth-order valence-electron chi connectivity index (χ4n) is 3.13. The molecule has 2 unspecified atom stereocenters. The molecule has 1 fully saturated rings. The van der Waals surface area contributed by atoms with Gasteiger partial charge in [-0.2, -0.15) is 0 Å². The number of oxime groups is 1. The highest BCUT2D eigenvalue weighted by Crippen LogP contribution is 2.40. The molecule has 2 heterocycles. The van der Waals surface area contributed by atoms with Gasteiger partial charge < -0.3 is 29.1 Å². The summed E-state index contributed by atoms with van der Waals surface area (Å²) in [5.74, 6) is -3.52. The van der Waals surface area contributed by atoms with Gasteiger partial charge in [-0.3, -0.25) is 19.3 Å². The second kappa shape index (κ2) is 12.7. The van der Waals surface area contributed by atoms with Gasteiger partial charge in [0.2, 0.25) is 17.8 Å². The van der Waals surface area contributed by atoms with Crippen LogP contribution in [-0.2, 0) is 43.0 Å². The van der Waals surface area contributed by atoms with Gasteiger partial charge in [0, 0.05) is 19.8 Å². The zero-order valence-corrected chi connectivity index (χ0v) is 21.3. The van der Waals surface area contributed by atoms with Gasteiger partial charge in [0.05, 0.1) is 18.6 Å². The Hall–Kier alpha value is -2.84. The number of ketones is 1. The van der Waals surface area contributed by atoms with Crippen LogP contribution in [0.4, 0.5) is 4.79 Å². The Morgan fingerprint density at radius 1 is 1.17 bits per heavy atom. The van der Waals surface area contributed by atoms with Gasteiger partial charge in [-0.15, -0.1) is 23.4 Å². The van der Waals surface area contributed by atoms with E-state index in [4.69, 9.17) is 30.5 Å². The van der Waals surface area contributed by atoms with E-state index in [1.807, 2.05) is 0 Å². The van der Waals surface area contributed by atoms with E-state index in [9.17, 15) is 24.0 Å². The summed E-state index contributed by atoms with van der Waals surface area (Å²) in [5, 5.41) is 5.13. The average molecular weight is 536 g/mol. The Morgan fingerprint density at radius 2 is 1.86 bits per heavy atom. The summed E-state index contributed by atoms with van der Waals surface area (Å²) in [4.78, 5) is 67.5. The van der Waals surface area contributed by atoms with E-state index in [1.54, 1.807) is 13.8 Å². The van der Waals surface area contributed by atoms with Crippen LogP contribution in [0.1, 0.15) is 20.8 Å².